The van der Waals surface area contributed by atoms with Crippen LogP contribution in [0, 0.1) is 6.92 Å². The number of amides is 1. The second-order valence-corrected chi connectivity index (χ2v) is 8.37. The first kappa shape index (κ1) is 15.8. The molecule has 0 atom stereocenters. The van der Waals surface area contributed by atoms with Crippen molar-refractivity contribution < 1.29 is 17.9 Å². The fraction of sp³-hybridized carbons (Fsp3) is 0.583. The van der Waals surface area contributed by atoms with Gasteiger partial charge in [0.15, 0.2) is 0 Å². The summed E-state index contributed by atoms with van der Waals surface area (Å²) in [5.41, 5.74) is 0.856. The highest BCUT2D eigenvalue weighted by molar-refractivity contribution is 8.15. The van der Waals surface area contributed by atoms with Crippen LogP contribution in [0.5, 0.6) is 0 Å². The minimum Gasteiger partial charge on any atom is -0.381 e. The maximum absolute atomic E-state index is 12.4. The van der Waals surface area contributed by atoms with Gasteiger partial charge >= 0.3 is 0 Å². The highest BCUT2D eigenvalue weighted by Crippen LogP contribution is 2.30. The molecule has 1 aromatic rings. The van der Waals surface area contributed by atoms with Crippen molar-refractivity contribution in [3.8, 4) is 0 Å². The number of nitrogens with zero attached hydrogens (tertiary/aromatic N) is 1. The molecule has 1 fully saturated rings. The summed E-state index contributed by atoms with van der Waals surface area (Å²) in [5.74, 6) is -0.139. The number of hydrogen-bond acceptors (Lipinski definition) is 5. The van der Waals surface area contributed by atoms with E-state index in [0.717, 1.165) is 24.2 Å². The maximum Gasteiger partial charge on any atom is 0.271 e. The number of hydrogen-bond donors (Lipinski definition) is 0. The Kier molecular flexibility index (Phi) is 4.73. The van der Waals surface area contributed by atoms with Crippen LogP contribution in [-0.2, 0) is 13.8 Å². The zero-order valence-electron chi connectivity index (χ0n) is 11.3. The second-order valence-electron chi connectivity index (χ2n) is 4.73. The number of carbonyl (C=O) groups excluding carboxylic acids is 1. The number of halogens is 1. The Balaban J connectivity index is 2.17. The summed E-state index contributed by atoms with van der Waals surface area (Å²) in [6.07, 6.45) is 1.79. The largest absolute Gasteiger partial charge is 0.381 e. The van der Waals surface area contributed by atoms with Crippen molar-refractivity contribution >= 4 is 37.0 Å². The molecule has 2 heterocycles. The summed E-state index contributed by atoms with van der Waals surface area (Å²) < 4.78 is 28.1. The molecule has 0 bridgehead atoms. The first-order chi connectivity index (χ1) is 9.34. The molecule has 20 heavy (non-hydrogen) atoms. The minimum absolute atomic E-state index is 0.0503. The summed E-state index contributed by atoms with van der Waals surface area (Å²) in [4.78, 5) is 14.1. The van der Waals surface area contributed by atoms with Crippen molar-refractivity contribution in [2.24, 2.45) is 0 Å². The van der Waals surface area contributed by atoms with E-state index in [1.807, 2.05) is 0 Å². The van der Waals surface area contributed by atoms with Crippen LogP contribution < -0.4 is 0 Å². The standard InChI is InChI=1S/C12H16ClNO4S2/c1-8-10(7-19-12(8)20(13,16)17)11(15)14-5-3-9(18-2)4-6-14/h7,9H,3-6H2,1-2H3. The zero-order chi connectivity index (χ0) is 14.9. The Morgan fingerprint density at radius 2 is 2.05 bits per heavy atom. The topological polar surface area (TPSA) is 63.7 Å². The molecule has 0 radical (unpaired) electrons. The molecule has 2 rings (SSSR count). The first-order valence-corrected chi connectivity index (χ1v) is 9.38. The lowest BCUT2D eigenvalue weighted by atomic mass is 10.1. The summed E-state index contributed by atoms with van der Waals surface area (Å²) >= 11 is 0.988. The lowest BCUT2D eigenvalue weighted by Crippen LogP contribution is -2.40. The van der Waals surface area contributed by atoms with E-state index in [1.165, 1.54) is 0 Å². The SMILES string of the molecule is COC1CCN(C(=O)c2csc(S(=O)(=O)Cl)c2C)CC1. The Morgan fingerprint density at radius 3 is 2.50 bits per heavy atom. The van der Waals surface area contributed by atoms with Gasteiger partial charge in [0, 0.05) is 36.3 Å². The maximum atomic E-state index is 12.4. The molecular formula is C12H16ClNO4S2. The number of methoxy groups -OCH3 is 1. The normalized spacial score (nSPS) is 17.4. The Bertz CT molecular complexity index is 603. The van der Waals surface area contributed by atoms with Gasteiger partial charge in [0.1, 0.15) is 4.21 Å². The van der Waals surface area contributed by atoms with E-state index in [2.05, 4.69) is 0 Å². The minimum atomic E-state index is -3.79. The molecule has 1 aliphatic heterocycles. The van der Waals surface area contributed by atoms with E-state index in [4.69, 9.17) is 15.4 Å². The van der Waals surface area contributed by atoms with Gasteiger partial charge in [-0.15, -0.1) is 11.3 Å². The molecule has 0 aromatic carbocycles. The fourth-order valence-corrected chi connectivity index (χ4v) is 4.86. The quantitative estimate of drug-likeness (QED) is 0.793. The molecule has 112 valence electrons. The monoisotopic (exact) mass is 337 g/mol. The van der Waals surface area contributed by atoms with Crippen molar-refractivity contribution in [3.63, 3.8) is 0 Å². The predicted molar refractivity (Wildman–Crippen MR) is 78.0 cm³/mol. The Morgan fingerprint density at radius 1 is 1.45 bits per heavy atom. The van der Waals surface area contributed by atoms with Crippen LogP contribution in [0.1, 0.15) is 28.8 Å². The van der Waals surface area contributed by atoms with Gasteiger partial charge in [-0.05, 0) is 25.3 Å². The van der Waals surface area contributed by atoms with Crippen molar-refractivity contribution in [2.75, 3.05) is 20.2 Å². The number of likely N-dealkylation sites (tertiary alicyclic amines) is 1. The van der Waals surface area contributed by atoms with Crippen molar-refractivity contribution in [1.82, 2.24) is 4.90 Å². The van der Waals surface area contributed by atoms with E-state index in [0.29, 0.717) is 24.2 Å². The predicted octanol–water partition coefficient (Wildman–Crippen LogP) is 2.24. The summed E-state index contributed by atoms with van der Waals surface area (Å²) in [5, 5.41) is 1.56. The molecule has 0 aliphatic carbocycles. The van der Waals surface area contributed by atoms with Gasteiger partial charge in [-0.1, -0.05) is 0 Å². The van der Waals surface area contributed by atoms with Gasteiger partial charge in [0.05, 0.1) is 11.7 Å². The van der Waals surface area contributed by atoms with E-state index in [-0.39, 0.29) is 16.2 Å². The van der Waals surface area contributed by atoms with Crippen LogP contribution in [0.25, 0.3) is 0 Å². The van der Waals surface area contributed by atoms with Gasteiger partial charge < -0.3 is 9.64 Å². The third kappa shape index (κ3) is 3.16. The van der Waals surface area contributed by atoms with Crippen LogP contribution in [-0.4, -0.2) is 45.5 Å². The molecular weight excluding hydrogens is 322 g/mol. The number of rotatable bonds is 3. The van der Waals surface area contributed by atoms with Gasteiger partial charge in [-0.2, -0.15) is 0 Å². The lowest BCUT2D eigenvalue weighted by Gasteiger charge is -2.31. The highest BCUT2D eigenvalue weighted by atomic mass is 35.7. The number of ether oxygens (including phenoxy) is 1. The molecule has 1 saturated heterocycles. The molecule has 5 nitrogen and oxygen atoms in total. The lowest BCUT2D eigenvalue weighted by molar-refractivity contribution is 0.0350. The Hall–Kier alpha value is -0.630. The van der Waals surface area contributed by atoms with Crippen LogP contribution in [0.4, 0.5) is 0 Å². The molecule has 0 N–H and O–H groups in total. The van der Waals surface area contributed by atoms with Crippen molar-refractivity contribution in [3.05, 3.63) is 16.5 Å². The van der Waals surface area contributed by atoms with Gasteiger partial charge in [-0.3, -0.25) is 4.79 Å². The van der Waals surface area contributed by atoms with Crippen molar-refractivity contribution in [2.45, 2.75) is 30.1 Å². The summed E-state index contributed by atoms with van der Waals surface area (Å²) in [7, 11) is 3.23. The summed E-state index contributed by atoms with van der Waals surface area (Å²) in [6, 6.07) is 0. The van der Waals surface area contributed by atoms with E-state index >= 15 is 0 Å². The number of carbonyl (C=O) groups is 1. The molecule has 0 spiro atoms. The average molecular weight is 338 g/mol. The molecule has 0 unspecified atom stereocenters. The van der Waals surface area contributed by atoms with Gasteiger partial charge in [-0.25, -0.2) is 8.42 Å². The van der Waals surface area contributed by atoms with Crippen LogP contribution in [0.3, 0.4) is 0 Å². The highest BCUT2D eigenvalue weighted by Gasteiger charge is 2.27. The smallest absolute Gasteiger partial charge is 0.271 e. The van der Waals surface area contributed by atoms with Gasteiger partial charge in [0.25, 0.3) is 15.0 Å². The molecule has 8 heteroatoms. The summed E-state index contributed by atoms with van der Waals surface area (Å²) in [6.45, 7) is 2.85. The van der Waals surface area contributed by atoms with Crippen LogP contribution in [0.2, 0.25) is 0 Å². The average Bonchev–Trinajstić information content (AvgIpc) is 2.80. The van der Waals surface area contributed by atoms with E-state index < -0.39 is 9.05 Å². The molecule has 1 aliphatic rings. The number of piperidine rings is 1. The van der Waals surface area contributed by atoms with Crippen LogP contribution in [0.15, 0.2) is 9.59 Å². The van der Waals surface area contributed by atoms with Crippen LogP contribution >= 0.6 is 22.0 Å². The molecule has 1 amide bonds. The van der Waals surface area contributed by atoms with Crippen molar-refractivity contribution in [1.29, 1.82) is 0 Å². The second kappa shape index (κ2) is 6.01. The Labute approximate surface area is 126 Å². The first-order valence-electron chi connectivity index (χ1n) is 6.19. The fourth-order valence-electron chi connectivity index (χ4n) is 2.32. The van der Waals surface area contributed by atoms with E-state index in [9.17, 15) is 13.2 Å². The van der Waals surface area contributed by atoms with Gasteiger partial charge in [0.2, 0.25) is 0 Å². The number of thiophene rings is 1. The zero-order valence-corrected chi connectivity index (χ0v) is 13.6. The molecule has 0 saturated carbocycles. The third-order valence-corrected chi connectivity index (χ3v) is 6.82. The van der Waals surface area contributed by atoms with E-state index in [1.54, 1.807) is 24.3 Å². The molecule has 1 aromatic heterocycles. The third-order valence-electron chi connectivity index (χ3n) is 3.51.